The fourth-order valence-electron chi connectivity index (χ4n) is 3.31. The summed E-state index contributed by atoms with van der Waals surface area (Å²) in [5.41, 5.74) is 0.715. The van der Waals surface area contributed by atoms with Crippen LogP contribution < -0.4 is 5.32 Å². The maximum absolute atomic E-state index is 12.2. The Hall–Kier alpha value is -1.78. The number of carbonyl (C=O) groups excluding carboxylic acids is 1. The summed E-state index contributed by atoms with van der Waals surface area (Å²) in [6.07, 6.45) is 9.22. The first-order chi connectivity index (χ1) is 9.99. The third-order valence-corrected chi connectivity index (χ3v) is 4.36. The number of amides is 1. The lowest BCUT2D eigenvalue weighted by Gasteiger charge is -2.35. The molecule has 1 heterocycles. The van der Waals surface area contributed by atoms with Crippen LogP contribution in [-0.4, -0.2) is 21.6 Å². The quantitative estimate of drug-likeness (QED) is 0.846. The fourth-order valence-corrected chi connectivity index (χ4v) is 3.31. The number of carboxylic acids is 1. The summed E-state index contributed by atoms with van der Waals surface area (Å²) >= 11 is 0. The van der Waals surface area contributed by atoms with Crippen LogP contribution in [0.15, 0.2) is 18.5 Å². The van der Waals surface area contributed by atoms with Gasteiger partial charge in [-0.3, -0.25) is 9.59 Å². The largest absolute Gasteiger partial charge is 0.481 e. The van der Waals surface area contributed by atoms with E-state index in [2.05, 4.69) is 5.32 Å². The zero-order valence-electron chi connectivity index (χ0n) is 12.6. The molecule has 0 radical (unpaired) electrons. The van der Waals surface area contributed by atoms with Gasteiger partial charge in [-0.15, -0.1) is 0 Å². The van der Waals surface area contributed by atoms with Gasteiger partial charge in [0.1, 0.15) is 0 Å². The number of nitrogens with zero attached hydrogens (tertiary/aromatic N) is 1. The standard InChI is InChI=1S/C16H24N2O3/c1-18-8-5-13(12-18)11-17-14(19)9-16(10-15(20)21)6-3-2-4-7-16/h5,8,12H,2-4,6-7,9-11H2,1H3,(H,17,19)(H,20,21). The number of aryl methyl sites for hydroxylation is 1. The molecule has 0 bridgehead atoms. The van der Waals surface area contributed by atoms with Gasteiger partial charge in [0, 0.05) is 32.4 Å². The Balaban J connectivity index is 1.89. The minimum Gasteiger partial charge on any atom is -0.481 e. The molecule has 5 heteroatoms. The van der Waals surface area contributed by atoms with Gasteiger partial charge in [-0.1, -0.05) is 19.3 Å². The van der Waals surface area contributed by atoms with Crippen molar-refractivity contribution in [3.63, 3.8) is 0 Å². The highest BCUT2D eigenvalue weighted by atomic mass is 16.4. The average molecular weight is 292 g/mol. The van der Waals surface area contributed by atoms with Gasteiger partial charge in [-0.2, -0.15) is 0 Å². The smallest absolute Gasteiger partial charge is 0.303 e. The molecule has 0 unspecified atom stereocenters. The molecule has 2 N–H and O–H groups in total. The minimum absolute atomic E-state index is 0.0398. The van der Waals surface area contributed by atoms with Gasteiger partial charge in [0.25, 0.3) is 0 Å². The number of hydrogen-bond donors (Lipinski definition) is 2. The number of aromatic nitrogens is 1. The van der Waals surface area contributed by atoms with Gasteiger partial charge in [-0.25, -0.2) is 0 Å². The van der Waals surface area contributed by atoms with Crippen molar-refractivity contribution in [2.45, 2.75) is 51.5 Å². The molecule has 5 nitrogen and oxygen atoms in total. The fraction of sp³-hybridized carbons (Fsp3) is 0.625. The van der Waals surface area contributed by atoms with Gasteiger partial charge in [0.2, 0.25) is 5.91 Å². The second-order valence-corrected chi connectivity index (χ2v) is 6.27. The molecular formula is C16H24N2O3. The normalized spacial score (nSPS) is 17.4. The lowest BCUT2D eigenvalue weighted by molar-refractivity contribution is -0.141. The first-order valence-electron chi connectivity index (χ1n) is 7.58. The van der Waals surface area contributed by atoms with Gasteiger partial charge < -0.3 is 15.0 Å². The van der Waals surface area contributed by atoms with Crippen molar-refractivity contribution in [2.75, 3.05) is 0 Å². The van der Waals surface area contributed by atoms with E-state index >= 15 is 0 Å². The number of rotatable bonds is 6. The summed E-state index contributed by atoms with van der Waals surface area (Å²) < 4.78 is 1.94. The number of aliphatic carboxylic acids is 1. The summed E-state index contributed by atoms with van der Waals surface area (Å²) in [6, 6.07) is 1.97. The van der Waals surface area contributed by atoms with Crippen LogP contribution in [-0.2, 0) is 23.2 Å². The maximum atomic E-state index is 12.2. The van der Waals surface area contributed by atoms with E-state index in [4.69, 9.17) is 5.11 Å². The molecule has 1 aliphatic rings. The summed E-state index contributed by atoms with van der Waals surface area (Å²) in [4.78, 5) is 23.3. The van der Waals surface area contributed by atoms with E-state index in [9.17, 15) is 9.59 Å². The molecule has 0 aromatic carbocycles. The van der Waals surface area contributed by atoms with E-state index in [1.807, 2.05) is 30.1 Å². The maximum Gasteiger partial charge on any atom is 0.303 e. The number of carboxylic acid groups (broad SMARTS) is 1. The molecule has 0 spiro atoms. The zero-order valence-corrected chi connectivity index (χ0v) is 12.6. The Labute approximate surface area is 125 Å². The van der Waals surface area contributed by atoms with E-state index in [1.165, 1.54) is 0 Å². The first-order valence-corrected chi connectivity index (χ1v) is 7.58. The van der Waals surface area contributed by atoms with Crippen LogP contribution in [0.2, 0.25) is 0 Å². The highest BCUT2D eigenvalue weighted by molar-refractivity contribution is 5.78. The van der Waals surface area contributed by atoms with Crippen LogP contribution in [0.5, 0.6) is 0 Å². The molecule has 1 fully saturated rings. The first kappa shape index (κ1) is 15.6. The highest BCUT2D eigenvalue weighted by Gasteiger charge is 2.36. The molecule has 0 saturated heterocycles. The van der Waals surface area contributed by atoms with Gasteiger partial charge >= 0.3 is 5.97 Å². The summed E-state index contributed by atoms with van der Waals surface area (Å²) in [5.74, 6) is -0.838. The van der Waals surface area contributed by atoms with E-state index in [-0.39, 0.29) is 17.7 Å². The Morgan fingerprint density at radius 2 is 2.00 bits per heavy atom. The lowest BCUT2D eigenvalue weighted by Crippen LogP contribution is -2.34. The predicted molar refractivity (Wildman–Crippen MR) is 79.6 cm³/mol. The summed E-state index contributed by atoms with van der Waals surface area (Å²) in [7, 11) is 1.94. The van der Waals surface area contributed by atoms with Crippen molar-refractivity contribution in [3.05, 3.63) is 24.0 Å². The van der Waals surface area contributed by atoms with Crippen LogP contribution in [0.4, 0.5) is 0 Å². The van der Waals surface area contributed by atoms with E-state index in [0.29, 0.717) is 13.0 Å². The van der Waals surface area contributed by atoms with Gasteiger partial charge in [-0.05, 0) is 29.9 Å². The highest BCUT2D eigenvalue weighted by Crippen LogP contribution is 2.42. The van der Waals surface area contributed by atoms with Crippen LogP contribution >= 0.6 is 0 Å². The third-order valence-electron chi connectivity index (χ3n) is 4.36. The average Bonchev–Trinajstić information content (AvgIpc) is 2.82. The summed E-state index contributed by atoms with van der Waals surface area (Å²) in [6.45, 7) is 0.503. The molecule has 1 aliphatic carbocycles. The molecule has 1 aromatic rings. The molecule has 2 rings (SSSR count). The van der Waals surface area contributed by atoms with Crippen LogP contribution in [0.1, 0.15) is 50.5 Å². The van der Waals surface area contributed by atoms with Crippen molar-refractivity contribution in [2.24, 2.45) is 12.5 Å². The van der Waals surface area contributed by atoms with Gasteiger partial charge in [0.05, 0.1) is 6.42 Å². The molecule has 1 saturated carbocycles. The molecule has 0 atom stereocenters. The Kier molecular flexibility index (Phi) is 5.04. The Morgan fingerprint density at radius 1 is 1.29 bits per heavy atom. The second kappa shape index (κ2) is 6.78. The number of nitrogens with one attached hydrogen (secondary N) is 1. The van der Waals surface area contributed by atoms with Crippen LogP contribution in [0.25, 0.3) is 0 Å². The molecular weight excluding hydrogens is 268 g/mol. The van der Waals surface area contributed by atoms with E-state index in [0.717, 1.165) is 37.7 Å². The van der Waals surface area contributed by atoms with Crippen LogP contribution in [0.3, 0.4) is 0 Å². The molecule has 116 valence electrons. The van der Waals surface area contributed by atoms with Crippen molar-refractivity contribution in [1.29, 1.82) is 0 Å². The molecule has 1 amide bonds. The van der Waals surface area contributed by atoms with E-state index < -0.39 is 5.97 Å². The zero-order chi connectivity index (χ0) is 15.3. The second-order valence-electron chi connectivity index (χ2n) is 6.27. The monoisotopic (exact) mass is 292 g/mol. The van der Waals surface area contributed by atoms with E-state index in [1.54, 1.807) is 0 Å². The number of carbonyl (C=O) groups is 2. The summed E-state index contributed by atoms with van der Waals surface area (Å²) in [5, 5.41) is 12.0. The van der Waals surface area contributed by atoms with Crippen molar-refractivity contribution in [1.82, 2.24) is 9.88 Å². The molecule has 21 heavy (non-hydrogen) atoms. The van der Waals surface area contributed by atoms with Crippen molar-refractivity contribution in [3.8, 4) is 0 Å². The number of hydrogen-bond acceptors (Lipinski definition) is 2. The third kappa shape index (κ3) is 4.62. The van der Waals surface area contributed by atoms with Gasteiger partial charge in [0.15, 0.2) is 0 Å². The van der Waals surface area contributed by atoms with Crippen molar-refractivity contribution < 1.29 is 14.7 Å². The topological polar surface area (TPSA) is 71.3 Å². The Morgan fingerprint density at radius 3 is 2.57 bits per heavy atom. The predicted octanol–water partition coefficient (Wildman–Crippen LogP) is 2.46. The van der Waals surface area contributed by atoms with Crippen LogP contribution in [0, 0.1) is 5.41 Å². The lowest BCUT2D eigenvalue weighted by atomic mass is 9.69. The SMILES string of the molecule is Cn1ccc(CNC(=O)CC2(CC(=O)O)CCCCC2)c1. The molecule has 1 aromatic heterocycles. The minimum atomic E-state index is -0.798. The van der Waals surface area contributed by atoms with Crippen molar-refractivity contribution >= 4 is 11.9 Å². The molecule has 0 aliphatic heterocycles. The Bertz CT molecular complexity index is 501.